The molecule has 142 valence electrons. The first-order valence-corrected chi connectivity index (χ1v) is 10.5. The van der Waals surface area contributed by atoms with E-state index in [1.165, 1.54) is 27.6 Å². The average Bonchev–Trinajstić information content (AvgIpc) is 3.23. The Labute approximate surface area is 167 Å². The molecule has 1 heterocycles. The van der Waals surface area contributed by atoms with Crippen molar-refractivity contribution in [3.8, 4) is 5.75 Å². The highest BCUT2D eigenvalue weighted by atomic mass is 16.5. The zero-order valence-corrected chi connectivity index (χ0v) is 16.4. The van der Waals surface area contributed by atoms with Crippen LogP contribution in [-0.4, -0.2) is 6.61 Å². The van der Waals surface area contributed by atoms with Gasteiger partial charge in [0.25, 0.3) is 0 Å². The first-order valence-electron chi connectivity index (χ1n) is 10.5. The summed E-state index contributed by atoms with van der Waals surface area (Å²) in [6.45, 7) is 2.99. The van der Waals surface area contributed by atoms with Crippen LogP contribution in [0.5, 0.6) is 5.75 Å². The second kappa shape index (κ2) is 7.35. The maximum absolute atomic E-state index is 5.97. The number of benzene rings is 3. The molecular weight excluding hydrogens is 342 g/mol. The molecule has 0 spiro atoms. The van der Waals surface area contributed by atoms with Crippen LogP contribution >= 0.6 is 0 Å². The number of fused-ring (bicyclic) bond motifs is 4. The van der Waals surface area contributed by atoms with Crippen LogP contribution in [0, 0.1) is 5.92 Å². The van der Waals surface area contributed by atoms with Crippen LogP contribution in [-0.2, 0) is 0 Å². The van der Waals surface area contributed by atoms with Crippen molar-refractivity contribution in [1.29, 1.82) is 0 Å². The third-order valence-corrected chi connectivity index (χ3v) is 6.23. The number of hydrogen-bond donors (Lipinski definition) is 1. The summed E-state index contributed by atoms with van der Waals surface area (Å²) in [5.41, 5.74) is 4.00. The highest BCUT2D eigenvalue weighted by molar-refractivity contribution is 5.83. The topological polar surface area (TPSA) is 21.3 Å². The van der Waals surface area contributed by atoms with Crippen LogP contribution in [0.1, 0.15) is 49.3 Å². The minimum atomic E-state index is 0.337. The fourth-order valence-electron chi connectivity index (χ4n) is 4.73. The second-order valence-electron chi connectivity index (χ2n) is 8.03. The normalized spacial score (nSPS) is 22.5. The molecule has 1 N–H and O–H groups in total. The van der Waals surface area contributed by atoms with Gasteiger partial charge in [0.1, 0.15) is 5.75 Å². The lowest BCUT2D eigenvalue weighted by Crippen LogP contribution is -2.29. The van der Waals surface area contributed by atoms with E-state index < -0.39 is 0 Å². The molecule has 1 aliphatic heterocycles. The zero-order chi connectivity index (χ0) is 18.9. The smallest absolute Gasteiger partial charge is 0.119 e. The van der Waals surface area contributed by atoms with Crippen LogP contribution < -0.4 is 10.1 Å². The lowest BCUT2D eigenvalue weighted by molar-refractivity contribution is 0.308. The first kappa shape index (κ1) is 17.4. The van der Waals surface area contributed by atoms with Crippen LogP contribution in [0.25, 0.3) is 10.8 Å². The van der Waals surface area contributed by atoms with Gasteiger partial charge in [0.2, 0.25) is 0 Å². The molecule has 2 aliphatic rings. The predicted molar refractivity (Wildman–Crippen MR) is 117 cm³/mol. The molecule has 3 aromatic carbocycles. The molecule has 0 bridgehead atoms. The van der Waals surface area contributed by atoms with Gasteiger partial charge in [-0.1, -0.05) is 61.9 Å². The van der Waals surface area contributed by atoms with Gasteiger partial charge in [-0.2, -0.15) is 0 Å². The van der Waals surface area contributed by atoms with E-state index in [0.717, 1.165) is 31.6 Å². The van der Waals surface area contributed by atoms with Crippen molar-refractivity contribution in [2.24, 2.45) is 5.92 Å². The van der Waals surface area contributed by atoms with E-state index in [4.69, 9.17) is 4.74 Å². The molecule has 1 aliphatic carbocycles. The van der Waals surface area contributed by atoms with Crippen molar-refractivity contribution in [2.45, 2.75) is 38.1 Å². The summed E-state index contributed by atoms with van der Waals surface area (Å²) in [5.74, 6) is 2.01. The highest BCUT2D eigenvalue weighted by Gasteiger charge is 2.38. The van der Waals surface area contributed by atoms with Crippen LogP contribution in [0.15, 0.2) is 72.8 Å². The molecule has 0 amide bonds. The van der Waals surface area contributed by atoms with Gasteiger partial charge in [0, 0.05) is 11.6 Å². The zero-order valence-electron chi connectivity index (χ0n) is 16.4. The van der Waals surface area contributed by atoms with E-state index in [2.05, 4.69) is 85.1 Å². The molecular formula is C26H27NO. The van der Waals surface area contributed by atoms with Crippen molar-refractivity contribution < 1.29 is 4.74 Å². The summed E-state index contributed by atoms with van der Waals surface area (Å²) < 4.78 is 5.97. The van der Waals surface area contributed by atoms with Gasteiger partial charge in [0.15, 0.2) is 0 Å². The minimum absolute atomic E-state index is 0.337. The van der Waals surface area contributed by atoms with Crippen molar-refractivity contribution >= 4 is 16.5 Å². The van der Waals surface area contributed by atoms with Crippen LogP contribution in [0.4, 0.5) is 5.69 Å². The second-order valence-corrected chi connectivity index (χ2v) is 8.03. The van der Waals surface area contributed by atoms with Crippen molar-refractivity contribution in [2.75, 3.05) is 11.9 Å². The molecule has 0 saturated carbocycles. The fraction of sp³-hybridized carbons (Fsp3) is 0.308. The third kappa shape index (κ3) is 3.07. The Kier molecular flexibility index (Phi) is 4.56. The minimum Gasteiger partial charge on any atom is -0.494 e. The molecule has 0 saturated heterocycles. The van der Waals surface area contributed by atoms with E-state index in [0.29, 0.717) is 17.9 Å². The molecule has 2 heteroatoms. The van der Waals surface area contributed by atoms with E-state index in [1.54, 1.807) is 0 Å². The van der Waals surface area contributed by atoms with Crippen LogP contribution in [0.3, 0.4) is 0 Å². The Morgan fingerprint density at radius 1 is 1.00 bits per heavy atom. The molecule has 2 nitrogen and oxygen atoms in total. The van der Waals surface area contributed by atoms with Crippen molar-refractivity contribution in [3.63, 3.8) is 0 Å². The molecule has 5 rings (SSSR count). The number of ether oxygens (including phenoxy) is 1. The van der Waals surface area contributed by atoms with Gasteiger partial charge in [0.05, 0.1) is 12.6 Å². The summed E-state index contributed by atoms with van der Waals surface area (Å²) in [4.78, 5) is 0. The Hall–Kier alpha value is -2.74. The molecule has 3 aromatic rings. The number of anilines is 1. The standard InChI is InChI=1S/C26H27NO/c1-2-3-15-28-21-13-14-25-24(17-21)22-9-6-10-23(22)26(27-25)20-12-11-18-7-4-5-8-19(18)16-20/h4-9,11-14,16-17,22-23,26-27H,2-3,10,15H2,1H3. The number of allylic oxidation sites excluding steroid dienone is 2. The fourth-order valence-corrected chi connectivity index (χ4v) is 4.73. The number of rotatable bonds is 5. The van der Waals surface area contributed by atoms with Crippen LogP contribution in [0.2, 0.25) is 0 Å². The first-order chi connectivity index (χ1) is 13.8. The predicted octanol–water partition coefficient (Wildman–Crippen LogP) is 6.85. The molecule has 0 radical (unpaired) electrons. The summed E-state index contributed by atoms with van der Waals surface area (Å²) in [7, 11) is 0. The molecule has 0 aromatic heterocycles. The van der Waals surface area contributed by atoms with E-state index >= 15 is 0 Å². The van der Waals surface area contributed by atoms with Gasteiger partial charge in [-0.25, -0.2) is 0 Å². The number of nitrogens with one attached hydrogen (secondary N) is 1. The maximum Gasteiger partial charge on any atom is 0.119 e. The summed E-state index contributed by atoms with van der Waals surface area (Å²) in [5, 5.41) is 6.47. The van der Waals surface area contributed by atoms with Gasteiger partial charge in [-0.15, -0.1) is 0 Å². The average molecular weight is 370 g/mol. The van der Waals surface area contributed by atoms with E-state index in [1.807, 2.05) is 0 Å². The number of unbranched alkanes of at least 4 members (excludes halogenated alkanes) is 1. The third-order valence-electron chi connectivity index (χ3n) is 6.23. The Morgan fingerprint density at radius 3 is 2.79 bits per heavy atom. The summed E-state index contributed by atoms with van der Waals surface area (Å²) >= 11 is 0. The lowest BCUT2D eigenvalue weighted by atomic mass is 9.77. The van der Waals surface area contributed by atoms with Crippen molar-refractivity contribution in [1.82, 2.24) is 0 Å². The van der Waals surface area contributed by atoms with Crippen molar-refractivity contribution in [3.05, 3.63) is 83.9 Å². The molecule has 3 unspecified atom stereocenters. The monoisotopic (exact) mass is 369 g/mol. The summed E-state index contributed by atoms with van der Waals surface area (Å²) in [6, 6.07) is 22.4. The van der Waals surface area contributed by atoms with Gasteiger partial charge >= 0.3 is 0 Å². The largest absolute Gasteiger partial charge is 0.494 e. The Bertz CT molecular complexity index is 1020. The lowest BCUT2D eigenvalue weighted by Gasteiger charge is -2.37. The van der Waals surface area contributed by atoms with Gasteiger partial charge < -0.3 is 10.1 Å². The van der Waals surface area contributed by atoms with Gasteiger partial charge in [-0.05, 0) is 64.9 Å². The molecule has 28 heavy (non-hydrogen) atoms. The SMILES string of the molecule is CCCCOc1ccc2c(c1)C1C=CCC1C(c1ccc3ccccc3c1)N2. The Balaban J connectivity index is 1.48. The van der Waals surface area contributed by atoms with E-state index in [-0.39, 0.29) is 0 Å². The number of hydrogen-bond acceptors (Lipinski definition) is 2. The molecule has 3 atom stereocenters. The maximum atomic E-state index is 5.97. The van der Waals surface area contributed by atoms with E-state index in [9.17, 15) is 0 Å². The quantitative estimate of drug-likeness (QED) is 0.392. The highest BCUT2D eigenvalue weighted by Crippen LogP contribution is 2.50. The Morgan fingerprint density at radius 2 is 1.89 bits per heavy atom. The summed E-state index contributed by atoms with van der Waals surface area (Å²) in [6.07, 6.45) is 8.13. The molecule has 0 fully saturated rings. The van der Waals surface area contributed by atoms with Gasteiger partial charge in [-0.3, -0.25) is 0 Å².